The number of quaternary nitrogens is 1. The summed E-state index contributed by atoms with van der Waals surface area (Å²) >= 11 is 0. The Hall–Kier alpha value is -1.88. The maximum atomic E-state index is 12.2. The zero-order valence-corrected chi connectivity index (χ0v) is 16.4. The first-order valence-electron chi connectivity index (χ1n) is 8.48. The van der Waals surface area contributed by atoms with Crippen LogP contribution in [0.1, 0.15) is 40.2 Å². The number of ether oxygens (including phenoxy) is 2. The van der Waals surface area contributed by atoms with E-state index in [1.807, 2.05) is 20.2 Å². The van der Waals surface area contributed by atoms with Crippen LogP contribution >= 0.6 is 0 Å². The summed E-state index contributed by atoms with van der Waals surface area (Å²) in [6.07, 6.45) is 0.710. The van der Waals surface area contributed by atoms with E-state index in [-0.39, 0.29) is 29.4 Å². The van der Waals surface area contributed by atoms with Crippen molar-refractivity contribution in [2.45, 2.75) is 41.0 Å². The number of carbonyl (C=O) groups is 2. The zero-order chi connectivity index (χ0) is 19.4. The molecule has 0 saturated carbocycles. The first-order valence-corrected chi connectivity index (χ1v) is 8.48. The summed E-state index contributed by atoms with van der Waals surface area (Å²) in [6.45, 7) is 9.53. The van der Waals surface area contributed by atoms with E-state index in [4.69, 9.17) is 16.5 Å². The molecule has 5 nitrogen and oxygen atoms in total. The van der Waals surface area contributed by atoms with E-state index >= 15 is 0 Å². The van der Waals surface area contributed by atoms with E-state index < -0.39 is 5.41 Å². The number of likely N-dealkylation sites (N-methyl/N-ethyl adjacent to an activating group) is 1. The smallest absolute Gasteiger partial charge is 0.316 e. The molecule has 0 heterocycles. The molecule has 1 aromatic carbocycles. The average molecular weight is 348 g/mol. The maximum absolute atomic E-state index is 12.2. The molecule has 0 aliphatic carbocycles. The zero-order valence-electron chi connectivity index (χ0n) is 16.4. The van der Waals surface area contributed by atoms with Gasteiger partial charge in [0.05, 0.1) is 32.0 Å². The molecule has 2 radical (unpaired) electrons. The molecule has 25 heavy (non-hydrogen) atoms. The largest absolute Gasteiger partial charge is 0.422 e. The fourth-order valence-electron chi connectivity index (χ4n) is 1.77. The van der Waals surface area contributed by atoms with Crippen molar-refractivity contribution in [3.63, 3.8) is 0 Å². The van der Waals surface area contributed by atoms with Gasteiger partial charge < -0.3 is 14.0 Å². The molecule has 5 heteroatoms. The summed E-state index contributed by atoms with van der Waals surface area (Å²) in [7, 11) is 9.78. The van der Waals surface area contributed by atoms with Crippen molar-refractivity contribution in [1.82, 2.24) is 0 Å². The second-order valence-electron chi connectivity index (χ2n) is 8.25. The minimum absolute atomic E-state index is 0.251. The van der Waals surface area contributed by atoms with Crippen molar-refractivity contribution in [1.29, 1.82) is 0 Å². The topological polar surface area (TPSA) is 52.6 Å². The van der Waals surface area contributed by atoms with Gasteiger partial charge in [0, 0.05) is 6.42 Å². The summed E-state index contributed by atoms with van der Waals surface area (Å²) in [5.41, 5.74) is 0.295. The van der Waals surface area contributed by atoms with Gasteiger partial charge in [-0.15, -0.1) is 0 Å². The highest BCUT2D eigenvalue weighted by atomic mass is 16.6. The Morgan fingerprint density at radius 1 is 1.12 bits per heavy atom. The quantitative estimate of drug-likeness (QED) is 0.449. The summed E-state index contributed by atoms with van der Waals surface area (Å²) < 4.78 is 11.2. The minimum atomic E-state index is -0.661. The molecular formula is C20H30NO4+. The molecule has 0 amide bonds. The van der Waals surface area contributed by atoms with Gasteiger partial charge in [0.1, 0.15) is 0 Å². The van der Waals surface area contributed by atoms with Gasteiger partial charge in [0.2, 0.25) is 7.05 Å². The van der Waals surface area contributed by atoms with Gasteiger partial charge in [0.15, 0.2) is 11.5 Å². The minimum Gasteiger partial charge on any atom is -0.422 e. The van der Waals surface area contributed by atoms with Crippen molar-refractivity contribution < 1.29 is 23.5 Å². The summed E-state index contributed by atoms with van der Waals surface area (Å²) in [5.74, 6) is -0.529. The van der Waals surface area contributed by atoms with Crippen LogP contribution in [0.5, 0.6) is 11.5 Å². The van der Waals surface area contributed by atoms with Crippen LogP contribution in [0.4, 0.5) is 0 Å². The van der Waals surface area contributed by atoms with Gasteiger partial charge >= 0.3 is 11.9 Å². The molecule has 0 N–H and O–H groups in total. The lowest BCUT2D eigenvalue weighted by Gasteiger charge is -2.22. The lowest BCUT2D eigenvalue weighted by atomic mass is 9.97. The monoisotopic (exact) mass is 348 g/mol. The maximum Gasteiger partial charge on any atom is 0.316 e. The molecule has 0 atom stereocenters. The summed E-state index contributed by atoms with van der Waals surface area (Å²) in [4.78, 5) is 24.2. The van der Waals surface area contributed by atoms with E-state index in [1.54, 1.807) is 46.8 Å². The first-order chi connectivity index (χ1) is 11.3. The molecule has 0 aliphatic heterocycles. The van der Waals surface area contributed by atoms with Gasteiger partial charge in [-0.05, 0) is 38.5 Å². The first kappa shape index (κ1) is 21.2. The Bertz CT molecular complexity index is 622. The summed E-state index contributed by atoms with van der Waals surface area (Å²) in [6, 6.07) is 5.26. The molecule has 0 fully saturated rings. The predicted molar refractivity (Wildman–Crippen MR) is 97.0 cm³/mol. The van der Waals surface area contributed by atoms with Crippen molar-refractivity contribution in [2.75, 3.05) is 20.6 Å². The standard InChI is InChI=1S/C20H30NO4/c1-14(2)18(22)24-16-10-9-15(11-12-21(6,7)8)13-17(16)25-19(23)20(3,4)5/h6,9-10,13-14H,11-12H2,1-5,7-8H3/q+1. The molecular weight excluding hydrogens is 318 g/mol. The van der Waals surface area contributed by atoms with Crippen LogP contribution in [-0.2, 0) is 16.0 Å². The van der Waals surface area contributed by atoms with Crippen molar-refractivity contribution >= 4 is 11.9 Å². The molecule has 0 unspecified atom stereocenters. The summed E-state index contributed by atoms with van der Waals surface area (Å²) in [5, 5.41) is 0. The molecule has 0 bridgehead atoms. The second-order valence-corrected chi connectivity index (χ2v) is 8.25. The number of nitrogens with zero attached hydrogens (tertiary/aromatic N) is 1. The Balaban J connectivity index is 3.10. The van der Waals surface area contributed by atoms with E-state index in [0.29, 0.717) is 10.9 Å². The second kappa shape index (κ2) is 8.00. The molecule has 0 saturated heterocycles. The highest BCUT2D eigenvalue weighted by Crippen LogP contribution is 2.31. The molecule has 138 valence electrons. The van der Waals surface area contributed by atoms with E-state index in [0.717, 1.165) is 12.1 Å². The van der Waals surface area contributed by atoms with Gasteiger partial charge in [0.25, 0.3) is 0 Å². The number of benzene rings is 1. The Morgan fingerprint density at radius 3 is 2.20 bits per heavy atom. The van der Waals surface area contributed by atoms with Crippen LogP contribution < -0.4 is 9.47 Å². The molecule has 0 spiro atoms. The SMILES string of the molecule is [CH][N+](C)(C)CCc1ccc(OC(=O)C(C)C)c(OC(=O)C(C)(C)C)c1. The number of carbonyl (C=O) groups excluding carboxylic acids is 2. The van der Waals surface area contributed by atoms with Crippen molar-refractivity contribution in [3.05, 3.63) is 30.8 Å². The molecule has 0 aromatic heterocycles. The Labute approximate surface area is 151 Å². The highest BCUT2D eigenvalue weighted by molar-refractivity contribution is 5.80. The van der Waals surface area contributed by atoms with Gasteiger partial charge in [-0.2, -0.15) is 0 Å². The van der Waals surface area contributed by atoms with E-state index in [1.165, 1.54) is 0 Å². The highest BCUT2D eigenvalue weighted by Gasteiger charge is 2.26. The fraction of sp³-hybridized carbons (Fsp3) is 0.550. The van der Waals surface area contributed by atoms with Crippen molar-refractivity contribution in [2.24, 2.45) is 11.3 Å². The van der Waals surface area contributed by atoms with E-state index in [2.05, 4.69) is 0 Å². The third-order valence-electron chi connectivity index (χ3n) is 3.48. The third kappa shape index (κ3) is 7.26. The normalized spacial score (nSPS) is 12.2. The van der Waals surface area contributed by atoms with E-state index in [9.17, 15) is 9.59 Å². The van der Waals surface area contributed by atoms with Crippen LogP contribution in [0.3, 0.4) is 0 Å². The number of rotatable bonds is 6. The molecule has 0 aliphatic rings. The molecule has 1 rings (SSSR count). The van der Waals surface area contributed by atoms with Crippen molar-refractivity contribution in [3.8, 4) is 11.5 Å². The lowest BCUT2D eigenvalue weighted by molar-refractivity contribution is -0.845. The Morgan fingerprint density at radius 2 is 1.72 bits per heavy atom. The Kier molecular flexibility index (Phi) is 6.77. The number of hydrogen-bond donors (Lipinski definition) is 0. The van der Waals surface area contributed by atoms with Crippen LogP contribution in [-0.4, -0.2) is 37.1 Å². The number of hydrogen-bond acceptors (Lipinski definition) is 4. The van der Waals surface area contributed by atoms with Crippen LogP contribution in [0.2, 0.25) is 0 Å². The fourth-order valence-corrected chi connectivity index (χ4v) is 1.77. The van der Waals surface area contributed by atoms with Gasteiger partial charge in [-0.25, -0.2) is 0 Å². The van der Waals surface area contributed by atoms with Gasteiger partial charge in [-0.1, -0.05) is 19.9 Å². The van der Waals surface area contributed by atoms with Crippen LogP contribution in [0.25, 0.3) is 0 Å². The number of esters is 2. The molecule has 1 aromatic rings. The predicted octanol–water partition coefficient (Wildman–Crippen LogP) is 3.49. The van der Waals surface area contributed by atoms with Crippen LogP contribution in [0.15, 0.2) is 18.2 Å². The lowest BCUT2D eigenvalue weighted by Crippen LogP contribution is -2.33. The van der Waals surface area contributed by atoms with Crippen LogP contribution in [0, 0.1) is 18.4 Å². The third-order valence-corrected chi connectivity index (χ3v) is 3.48. The average Bonchev–Trinajstić information content (AvgIpc) is 2.45. The van der Waals surface area contributed by atoms with Gasteiger partial charge in [-0.3, -0.25) is 9.59 Å².